The number of nitrogens with one attached hydrogen (secondary N) is 3. The monoisotopic (exact) mass is 520 g/mol. The van der Waals surface area contributed by atoms with E-state index in [1.54, 1.807) is 18.3 Å². The Bertz CT molecular complexity index is 1430. The van der Waals surface area contributed by atoms with Crippen LogP contribution in [-0.2, 0) is 15.1 Å². The second-order valence-electron chi connectivity index (χ2n) is 9.63. The number of halogens is 1. The van der Waals surface area contributed by atoms with Gasteiger partial charge in [-0.3, -0.25) is 9.89 Å². The topological polar surface area (TPSA) is 143 Å². The van der Waals surface area contributed by atoms with Gasteiger partial charge in [-0.15, -0.1) is 0 Å². The molecular formula is C26H29FN8O3. The van der Waals surface area contributed by atoms with E-state index in [4.69, 9.17) is 4.74 Å². The largest absolute Gasteiger partial charge is 0.381 e. The van der Waals surface area contributed by atoms with Crippen molar-refractivity contribution in [3.8, 4) is 5.82 Å². The molecule has 0 spiro atoms. The molecule has 5 heterocycles. The van der Waals surface area contributed by atoms with Gasteiger partial charge in [-0.2, -0.15) is 10.2 Å². The number of anilines is 2. The fourth-order valence-electron chi connectivity index (χ4n) is 4.36. The van der Waals surface area contributed by atoms with Crippen LogP contribution in [0, 0.1) is 19.7 Å². The third-order valence-electron chi connectivity index (χ3n) is 6.46. The highest BCUT2D eigenvalue weighted by Crippen LogP contribution is 2.33. The molecule has 1 aliphatic rings. The van der Waals surface area contributed by atoms with Crippen molar-refractivity contribution in [2.75, 3.05) is 11.9 Å². The summed E-state index contributed by atoms with van der Waals surface area (Å²) in [5, 5.41) is 28.3. The highest BCUT2D eigenvalue weighted by atomic mass is 19.1. The average Bonchev–Trinajstić information content (AvgIpc) is 3.51. The summed E-state index contributed by atoms with van der Waals surface area (Å²) in [5.41, 5.74) is 1.76. The summed E-state index contributed by atoms with van der Waals surface area (Å²) in [6, 6.07) is 8.71. The highest BCUT2D eigenvalue weighted by Gasteiger charge is 2.39. The van der Waals surface area contributed by atoms with E-state index in [1.807, 2.05) is 39.0 Å². The maximum atomic E-state index is 13.2. The Balaban J connectivity index is 1.19. The number of aryl methyl sites for hydroxylation is 2. The first-order chi connectivity index (χ1) is 18.2. The minimum Gasteiger partial charge on any atom is -0.381 e. The number of H-pyrrole nitrogens is 1. The van der Waals surface area contributed by atoms with E-state index >= 15 is 0 Å². The molecule has 0 bridgehead atoms. The van der Waals surface area contributed by atoms with E-state index < -0.39 is 17.5 Å². The molecule has 1 amide bonds. The average molecular weight is 521 g/mol. The van der Waals surface area contributed by atoms with E-state index in [2.05, 4.69) is 35.9 Å². The molecule has 4 aromatic heterocycles. The van der Waals surface area contributed by atoms with Gasteiger partial charge in [-0.1, -0.05) is 6.07 Å². The van der Waals surface area contributed by atoms with Crippen molar-refractivity contribution in [1.82, 2.24) is 35.3 Å². The first kappa shape index (κ1) is 25.5. The Morgan fingerprint density at radius 3 is 2.74 bits per heavy atom. The molecule has 4 aromatic rings. The Kier molecular flexibility index (Phi) is 6.91. The first-order valence-electron chi connectivity index (χ1n) is 12.3. The number of amides is 1. The van der Waals surface area contributed by atoms with Gasteiger partial charge in [-0.05, 0) is 62.9 Å². The maximum Gasteiger partial charge on any atom is 0.249 e. The highest BCUT2D eigenvalue weighted by molar-refractivity contribution is 5.81. The minimum atomic E-state index is -1.32. The van der Waals surface area contributed by atoms with Gasteiger partial charge in [0.1, 0.15) is 17.5 Å². The molecule has 38 heavy (non-hydrogen) atoms. The van der Waals surface area contributed by atoms with Crippen LogP contribution in [0.25, 0.3) is 5.82 Å². The smallest absolute Gasteiger partial charge is 0.249 e. The number of carbonyl (C=O) groups is 1. The lowest BCUT2D eigenvalue weighted by Crippen LogP contribution is -2.46. The summed E-state index contributed by atoms with van der Waals surface area (Å²) in [6.45, 7) is 5.60. The van der Waals surface area contributed by atoms with E-state index in [-0.39, 0.29) is 18.6 Å². The summed E-state index contributed by atoms with van der Waals surface area (Å²) in [4.78, 5) is 21.8. The van der Waals surface area contributed by atoms with Crippen LogP contribution in [0.5, 0.6) is 0 Å². The first-order valence-corrected chi connectivity index (χ1v) is 12.3. The van der Waals surface area contributed by atoms with Gasteiger partial charge >= 0.3 is 0 Å². The number of aliphatic hydroxyl groups is 1. The number of aromatic amines is 1. The lowest BCUT2D eigenvalue weighted by Gasteiger charge is -2.35. The zero-order valence-corrected chi connectivity index (χ0v) is 21.3. The zero-order chi connectivity index (χ0) is 26.9. The van der Waals surface area contributed by atoms with Crippen molar-refractivity contribution in [2.45, 2.75) is 51.4 Å². The van der Waals surface area contributed by atoms with Crippen LogP contribution in [-0.4, -0.2) is 53.7 Å². The van der Waals surface area contributed by atoms with Gasteiger partial charge in [0.15, 0.2) is 17.5 Å². The number of nitrogens with zero attached hydrogens (tertiary/aromatic N) is 5. The molecule has 198 valence electrons. The summed E-state index contributed by atoms with van der Waals surface area (Å²) in [7, 11) is 0. The Hall–Kier alpha value is -4.16. The molecular weight excluding hydrogens is 491 g/mol. The number of rotatable bonds is 7. The molecule has 0 saturated carbocycles. The van der Waals surface area contributed by atoms with Crippen molar-refractivity contribution >= 4 is 17.5 Å². The second-order valence-corrected chi connectivity index (χ2v) is 9.63. The van der Waals surface area contributed by atoms with Crippen LogP contribution in [0.15, 0.2) is 48.9 Å². The third-order valence-corrected chi connectivity index (χ3v) is 6.46. The summed E-state index contributed by atoms with van der Waals surface area (Å²) >= 11 is 0. The van der Waals surface area contributed by atoms with Crippen molar-refractivity contribution in [1.29, 1.82) is 0 Å². The number of hydrogen-bond donors (Lipinski definition) is 4. The number of carbonyl (C=O) groups excluding carboxylic acids is 1. The summed E-state index contributed by atoms with van der Waals surface area (Å²) in [6.07, 6.45) is 3.89. The summed E-state index contributed by atoms with van der Waals surface area (Å²) in [5.74, 6) is 0.936. The van der Waals surface area contributed by atoms with Crippen LogP contribution in [0.4, 0.5) is 16.0 Å². The minimum absolute atomic E-state index is 0.0619. The molecule has 3 unspecified atom stereocenters. The number of aromatic nitrogens is 6. The van der Waals surface area contributed by atoms with Crippen molar-refractivity contribution in [3.63, 3.8) is 0 Å². The van der Waals surface area contributed by atoms with E-state index in [0.717, 1.165) is 23.0 Å². The Labute approximate surface area is 218 Å². The fourth-order valence-corrected chi connectivity index (χ4v) is 4.36. The van der Waals surface area contributed by atoms with Gasteiger partial charge in [0.25, 0.3) is 0 Å². The molecule has 0 aromatic carbocycles. The van der Waals surface area contributed by atoms with Crippen LogP contribution >= 0.6 is 0 Å². The molecule has 11 nitrogen and oxygen atoms in total. The molecule has 1 saturated heterocycles. The van der Waals surface area contributed by atoms with E-state index in [0.29, 0.717) is 36.0 Å². The molecule has 0 aliphatic carbocycles. The zero-order valence-electron chi connectivity index (χ0n) is 21.3. The van der Waals surface area contributed by atoms with Crippen LogP contribution in [0.2, 0.25) is 0 Å². The predicted molar refractivity (Wildman–Crippen MR) is 136 cm³/mol. The molecule has 1 fully saturated rings. The molecule has 5 rings (SSSR count). The summed E-state index contributed by atoms with van der Waals surface area (Å²) < 4.78 is 20.4. The van der Waals surface area contributed by atoms with Gasteiger partial charge in [0.2, 0.25) is 5.91 Å². The van der Waals surface area contributed by atoms with Crippen LogP contribution < -0.4 is 10.6 Å². The fraction of sp³-hybridized carbons (Fsp3) is 0.346. The van der Waals surface area contributed by atoms with Crippen LogP contribution in [0.1, 0.15) is 48.3 Å². The predicted octanol–water partition coefficient (Wildman–Crippen LogP) is 3.13. The third kappa shape index (κ3) is 5.55. The van der Waals surface area contributed by atoms with E-state index in [9.17, 15) is 14.3 Å². The SMILES string of the molecule is Cc1cc(Nc2cc(C)[nH]n2)nc(C2(O)CCC(C(=O)NC(C)c3ccc(-n4cc(F)cn4)nc3)OC2)c1. The maximum absolute atomic E-state index is 13.2. The Morgan fingerprint density at radius 2 is 2.11 bits per heavy atom. The van der Waals surface area contributed by atoms with Crippen molar-refractivity contribution in [3.05, 3.63) is 77.3 Å². The lowest BCUT2D eigenvalue weighted by molar-refractivity contribution is -0.155. The number of ether oxygens (including phenoxy) is 1. The number of pyridine rings is 2. The molecule has 12 heteroatoms. The molecule has 1 aliphatic heterocycles. The number of hydrogen-bond acceptors (Lipinski definition) is 8. The van der Waals surface area contributed by atoms with Crippen molar-refractivity contribution < 1.29 is 19.0 Å². The van der Waals surface area contributed by atoms with Crippen molar-refractivity contribution in [2.24, 2.45) is 0 Å². The normalized spacial score (nSPS) is 20.2. The molecule has 4 N–H and O–H groups in total. The Morgan fingerprint density at radius 1 is 1.26 bits per heavy atom. The molecule has 0 radical (unpaired) electrons. The van der Waals surface area contributed by atoms with Crippen LogP contribution in [0.3, 0.4) is 0 Å². The lowest BCUT2D eigenvalue weighted by atomic mass is 9.89. The van der Waals surface area contributed by atoms with Gasteiger partial charge in [0, 0.05) is 18.0 Å². The standard InChI is InChI=1S/C26H29FN8O3/c1-15-8-21(31-22(9-15)32-23-10-16(2)33-34-23)26(37)7-6-20(38-14-26)25(36)30-17(3)18-4-5-24(28-11-18)35-13-19(27)12-29-35/h4-5,8-13,17,20,37H,6-7,14H2,1-3H3,(H,30,36)(H2,31,32,33,34). The molecule has 3 atom stereocenters. The van der Waals surface area contributed by atoms with Gasteiger partial charge in [-0.25, -0.2) is 19.0 Å². The quantitative estimate of drug-likeness (QED) is 0.291. The van der Waals surface area contributed by atoms with E-state index in [1.165, 1.54) is 10.9 Å². The van der Waals surface area contributed by atoms with Gasteiger partial charge < -0.3 is 20.5 Å². The van der Waals surface area contributed by atoms with Gasteiger partial charge in [0.05, 0.1) is 30.7 Å². The second kappa shape index (κ2) is 10.3.